The Morgan fingerprint density at radius 1 is 1.19 bits per heavy atom. The van der Waals surface area contributed by atoms with Gasteiger partial charge in [-0.05, 0) is 37.1 Å². The molecular formula is C17H20N2O2. The molecule has 0 fully saturated rings. The Bertz CT molecular complexity index is 648. The lowest BCUT2D eigenvalue weighted by Crippen LogP contribution is -2.14. The Balaban J connectivity index is 2.46. The van der Waals surface area contributed by atoms with Gasteiger partial charge in [-0.2, -0.15) is 0 Å². The number of aromatic carboxylic acids is 1. The van der Waals surface area contributed by atoms with Crippen molar-refractivity contribution in [3.63, 3.8) is 0 Å². The first kappa shape index (κ1) is 15.0. The highest BCUT2D eigenvalue weighted by atomic mass is 16.4. The number of rotatable bonds is 4. The zero-order valence-electron chi connectivity index (χ0n) is 12.8. The number of anilines is 2. The highest BCUT2D eigenvalue weighted by Gasteiger charge is 2.14. The van der Waals surface area contributed by atoms with Crippen LogP contribution in [0.25, 0.3) is 0 Å². The number of aryl methyl sites for hydroxylation is 1. The molecule has 110 valence electrons. The predicted molar refractivity (Wildman–Crippen MR) is 84.5 cm³/mol. The number of hydrogen-bond donors (Lipinski definition) is 1. The Morgan fingerprint density at radius 3 is 2.33 bits per heavy atom. The Hall–Kier alpha value is -2.36. The van der Waals surface area contributed by atoms with E-state index in [-0.39, 0.29) is 11.5 Å². The van der Waals surface area contributed by atoms with Gasteiger partial charge in [0.1, 0.15) is 5.82 Å². The molecule has 0 saturated carbocycles. The van der Waals surface area contributed by atoms with E-state index in [0.29, 0.717) is 5.82 Å². The number of hydrogen-bond acceptors (Lipinski definition) is 3. The van der Waals surface area contributed by atoms with Crippen molar-refractivity contribution in [3.05, 3.63) is 53.2 Å². The zero-order chi connectivity index (χ0) is 15.6. The summed E-state index contributed by atoms with van der Waals surface area (Å²) >= 11 is 0. The Morgan fingerprint density at radius 2 is 1.81 bits per heavy atom. The third kappa shape index (κ3) is 3.40. The molecule has 0 saturated heterocycles. The highest BCUT2D eigenvalue weighted by molar-refractivity contribution is 5.89. The van der Waals surface area contributed by atoms with E-state index in [9.17, 15) is 9.90 Å². The van der Waals surface area contributed by atoms with Crippen LogP contribution in [-0.4, -0.2) is 23.1 Å². The molecule has 2 aromatic rings. The minimum absolute atomic E-state index is 0.175. The molecule has 1 aromatic carbocycles. The maximum absolute atomic E-state index is 11.3. The summed E-state index contributed by atoms with van der Waals surface area (Å²) in [7, 11) is 1.89. The molecule has 0 unspecified atom stereocenters. The standard InChI is InChI=1S/C17H20N2O2/c1-11(2)15-9-13(17(20)21)10-16(18-15)19(4)14-7-5-12(3)6-8-14/h5-11H,1-4H3,(H,20,21). The van der Waals surface area contributed by atoms with E-state index < -0.39 is 5.97 Å². The molecule has 0 atom stereocenters. The molecule has 4 heteroatoms. The molecule has 0 radical (unpaired) electrons. The van der Waals surface area contributed by atoms with Gasteiger partial charge in [0.15, 0.2) is 0 Å². The smallest absolute Gasteiger partial charge is 0.335 e. The van der Waals surface area contributed by atoms with E-state index in [2.05, 4.69) is 4.98 Å². The number of carboxylic acid groups (broad SMARTS) is 1. The number of carbonyl (C=O) groups is 1. The molecule has 1 heterocycles. The molecule has 0 aliphatic rings. The van der Waals surface area contributed by atoms with Crippen molar-refractivity contribution in [2.75, 3.05) is 11.9 Å². The minimum Gasteiger partial charge on any atom is -0.478 e. The number of nitrogens with zero attached hydrogens (tertiary/aromatic N) is 2. The van der Waals surface area contributed by atoms with Crippen LogP contribution in [0.15, 0.2) is 36.4 Å². The van der Waals surface area contributed by atoms with Gasteiger partial charge < -0.3 is 10.0 Å². The van der Waals surface area contributed by atoms with E-state index in [4.69, 9.17) is 0 Å². The van der Waals surface area contributed by atoms with Crippen molar-refractivity contribution in [1.29, 1.82) is 0 Å². The number of pyridine rings is 1. The van der Waals surface area contributed by atoms with E-state index in [1.165, 1.54) is 5.56 Å². The second kappa shape index (κ2) is 5.95. The maximum Gasteiger partial charge on any atom is 0.335 e. The van der Waals surface area contributed by atoms with Gasteiger partial charge in [0.2, 0.25) is 0 Å². The molecule has 4 nitrogen and oxygen atoms in total. The molecule has 1 aromatic heterocycles. The lowest BCUT2D eigenvalue weighted by Gasteiger charge is -2.20. The van der Waals surface area contributed by atoms with E-state index in [1.54, 1.807) is 12.1 Å². The quantitative estimate of drug-likeness (QED) is 0.922. The molecule has 0 aliphatic heterocycles. The van der Waals surface area contributed by atoms with Gasteiger partial charge in [-0.3, -0.25) is 0 Å². The average molecular weight is 284 g/mol. The Labute approximate surface area is 125 Å². The van der Waals surface area contributed by atoms with Gasteiger partial charge in [0.05, 0.1) is 5.56 Å². The summed E-state index contributed by atoms with van der Waals surface area (Å²) in [6.45, 7) is 6.04. The molecule has 0 spiro atoms. The summed E-state index contributed by atoms with van der Waals surface area (Å²) in [5, 5.41) is 9.26. The van der Waals surface area contributed by atoms with Crippen LogP contribution in [0.4, 0.5) is 11.5 Å². The van der Waals surface area contributed by atoms with Crippen LogP contribution in [0.2, 0.25) is 0 Å². The fourth-order valence-corrected chi connectivity index (χ4v) is 2.03. The third-order valence-electron chi connectivity index (χ3n) is 3.44. The third-order valence-corrected chi connectivity index (χ3v) is 3.44. The monoisotopic (exact) mass is 284 g/mol. The predicted octanol–water partition coefficient (Wildman–Crippen LogP) is 3.98. The molecule has 0 aliphatic carbocycles. The second-order valence-electron chi connectivity index (χ2n) is 5.49. The first-order chi connectivity index (χ1) is 9.88. The van der Waals surface area contributed by atoms with Crippen LogP contribution in [0.5, 0.6) is 0 Å². The lowest BCUT2D eigenvalue weighted by molar-refractivity contribution is 0.0696. The van der Waals surface area contributed by atoms with Gasteiger partial charge in [-0.1, -0.05) is 31.5 Å². The van der Waals surface area contributed by atoms with Crippen LogP contribution < -0.4 is 4.90 Å². The van der Waals surface area contributed by atoms with Crippen LogP contribution in [0.3, 0.4) is 0 Å². The topological polar surface area (TPSA) is 53.4 Å². The summed E-state index contributed by atoms with van der Waals surface area (Å²) in [6.07, 6.45) is 0. The van der Waals surface area contributed by atoms with Crippen molar-refractivity contribution in [2.24, 2.45) is 0 Å². The first-order valence-electron chi connectivity index (χ1n) is 6.94. The van der Waals surface area contributed by atoms with Gasteiger partial charge in [-0.15, -0.1) is 0 Å². The molecular weight excluding hydrogens is 264 g/mol. The van der Waals surface area contributed by atoms with Crippen molar-refractivity contribution in [3.8, 4) is 0 Å². The Kier molecular flexibility index (Phi) is 4.26. The molecule has 0 bridgehead atoms. The van der Waals surface area contributed by atoms with Gasteiger partial charge in [0, 0.05) is 18.4 Å². The molecule has 2 rings (SSSR count). The van der Waals surface area contributed by atoms with Crippen LogP contribution in [0.1, 0.15) is 41.4 Å². The summed E-state index contributed by atoms with van der Waals surface area (Å²) in [5.41, 5.74) is 3.21. The molecule has 21 heavy (non-hydrogen) atoms. The van der Waals surface area contributed by atoms with Crippen molar-refractivity contribution < 1.29 is 9.90 Å². The van der Waals surface area contributed by atoms with E-state index in [0.717, 1.165) is 11.4 Å². The zero-order valence-corrected chi connectivity index (χ0v) is 12.8. The summed E-state index contributed by atoms with van der Waals surface area (Å²) in [4.78, 5) is 17.8. The maximum atomic E-state index is 11.3. The summed E-state index contributed by atoms with van der Waals surface area (Å²) in [5.74, 6) is -0.116. The van der Waals surface area contributed by atoms with Crippen molar-refractivity contribution >= 4 is 17.5 Å². The van der Waals surface area contributed by atoms with Crippen LogP contribution in [-0.2, 0) is 0 Å². The van der Waals surface area contributed by atoms with Gasteiger partial charge >= 0.3 is 5.97 Å². The second-order valence-corrected chi connectivity index (χ2v) is 5.49. The fraction of sp³-hybridized carbons (Fsp3) is 0.294. The molecule has 0 amide bonds. The minimum atomic E-state index is -0.933. The number of carboxylic acids is 1. The van der Waals surface area contributed by atoms with E-state index >= 15 is 0 Å². The molecule has 1 N–H and O–H groups in total. The summed E-state index contributed by atoms with van der Waals surface area (Å²) < 4.78 is 0. The number of benzene rings is 1. The van der Waals surface area contributed by atoms with Gasteiger partial charge in [0.25, 0.3) is 0 Å². The fourth-order valence-electron chi connectivity index (χ4n) is 2.03. The average Bonchev–Trinajstić information content (AvgIpc) is 2.46. The SMILES string of the molecule is Cc1ccc(N(C)c2cc(C(=O)O)cc(C(C)C)n2)cc1. The summed E-state index contributed by atoms with van der Waals surface area (Å²) in [6, 6.07) is 11.3. The normalized spacial score (nSPS) is 10.7. The lowest BCUT2D eigenvalue weighted by atomic mass is 10.1. The van der Waals surface area contributed by atoms with Crippen molar-refractivity contribution in [2.45, 2.75) is 26.7 Å². The number of aromatic nitrogens is 1. The highest BCUT2D eigenvalue weighted by Crippen LogP contribution is 2.25. The van der Waals surface area contributed by atoms with E-state index in [1.807, 2.05) is 57.0 Å². The first-order valence-corrected chi connectivity index (χ1v) is 6.94. The van der Waals surface area contributed by atoms with Crippen LogP contribution in [0, 0.1) is 6.92 Å². The van der Waals surface area contributed by atoms with Crippen molar-refractivity contribution in [1.82, 2.24) is 4.98 Å². The van der Waals surface area contributed by atoms with Crippen LogP contribution >= 0.6 is 0 Å². The largest absolute Gasteiger partial charge is 0.478 e. The van der Waals surface area contributed by atoms with Gasteiger partial charge in [-0.25, -0.2) is 9.78 Å².